The highest BCUT2D eigenvalue weighted by Gasteiger charge is 2.25. The molecule has 1 aliphatic rings. The van der Waals surface area contributed by atoms with Crippen LogP contribution in [0.3, 0.4) is 0 Å². The Kier molecular flexibility index (Phi) is 5.71. The highest BCUT2D eigenvalue weighted by Crippen LogP contribution is 2.49. The second kappa shape index (κ2) is 7.76. The summed E-state index contributed by atoms with van der Waals surface area (Å²) in [5.74, 6) is 0.752. The van der Waals surface area contributed by atoms with Crippen molar-refractivity contribution in [3.8, 4) is 0 Å². The van der Waals surface area contributed by atoms with Gasteiger partial charge in [0, 0.05) is 20.8 Å². The fourth-order valence-corrected chi connectivity index (χ4v) is 4.83. The van der Waals surface area contributed by atoms with E-state index in [1.54, 1.807) is 0 Å². The van der Waals surface area contributed by atoms with Crippen LogP contribution in [0.25, 0.3) is 0 Å². The Hall–Kier alpha value is -0.930. The van der Waals surface area contributed by atoms with E-state index in [0.29, 0.717) is 0 Å². The number of anilines is 2. The molecule has 0 saturated carbocycles. The van der Waals surface area contributed by atoms with Crippen LogP contribution in [0, 0.1) is 5.92 Å². The molecule has 0 saturated heterocycles. The van der Waals surface area contributed by atoms with E-state index in [-0.39, 0.29) is 0 Å². The van der Waals surface area contributed by atoms with Crippen LogP contribution in [0.2, 0.25) is 0 Å². The molecule has 1 aliphatic heterocycles. The van der Waals surface area contributed by atoms with Gasteiger partial charge in [0.1, 0.15) is 0 Å². The Labute approximate surface area is 152 Å². The van der Waals surface area contributed by atoms with Crippen LogP contribution in [0.15, 0.2) is 56.7 Å². The van der Waals surface area contributed by atoms with E-state index in [1.807, 2.05) is 11.8 Å². The van der Waals surface area contributed by atoms with Crippen LogP contribution in [0.4, 0.5) is 11.4 Å². The molecule has 0 aliphatic carbocycles. The maximum atomic E-state index is 3.62. The molecule has 2 aromatic carbocycles. The third-order valence-corrected chi connectivity index (χ3v) is 6.18. The summed E-state index contributed by atoms with van der Waals surface area (Å²) in [5.41, 5.74) is 2.72. The fraction of sp³-hybridized carbons (Fsp3) is 0.400. The van der Waals surface area contributed by atoms with Crippen molar-refractivity contribution < 1.29 is 0 Å². The third kappa shape index (κ3) is 3.77. The van der Waals surface area contributed by atoms with Crippen LogP contribution in [0.5, 0.6) is 0 Å². The van der Waals surface area contributed by atoms with Crippen molar-refractivity contribution in [1.29, 1.82) is 0 Å². The van der Waals surface area contributed by atoms with Gasteiger partial charge in [0.2, 0.25) is 0 Å². The number of hydrogen-bond acceptors (Lipinski definition) is 2. The van der Waals surface area contributed by atoms with Crippen molar-refractivity contribution in [3.63, 3.8) is 0 Å². The lowest BCUT2D eigenvalue weighted by atomic mass is 9.98. The number of para-hydroxylation sites is 1. The average Bonchev–Trinajstić information content (AvgIpc) is 2.57. The Balaban J connectivity index is 1.95. The molecular formula is C20H24BrNS. The lowest BCUT2D eigenvalue weighted by Crippen LogP contribution is -2.27. The summed E-state index contributed by atoms with van der Waals surface area (Å²) in [6.07, 6.45) is 5.19. The van der Waals surface area contributed by atoms with E-state index in [0.717, 1.165) is 16.9 Å². The quantitative estimate of drug-likeness (QED) is 0.510. The molecule has 0 amide bonds. The Morgan fingerprint density at radius 1 is 1.04 bits per heavy atom. The molecule has 0 radical (unpaired) electrons. The Morgan fingerprint density at radius 2 is 1.83 bits per heavy atom. The zero-order chi connectivity index (χ0) is 16.2. The molecular weight excluding hydrogens is 366 g/mol. The summed E-state index contributed by atoms with van der Waals surface area (Å²) in [7, 11) is 0. The number of hydrogen-bond donors (Lipinski definition) is 0. The maximum absolute atomic E-state index is 3.62. The van der Waals surface area contributed by atoms with Crippen molar-refractivity contribution in [3.05, 3.63) is 46.9 Å². The molecule has 122 valence electrons. The van der Waals surface area contributed by atoms with Gasteiger partial charge >= 0.3 is 0 Å². The van der Waals surface area contributed by atoms with Crippen LogP contribution in [-0.2, 0) is 0 Å². The van der Waals surface area contributed by atoms with E-state index in [2.05, 4.69) is 77.1 Å². The molecule has 0 bridgehead atoms. The minimum absolute atomic E-state index is 0.752. The maximum Gasteiger partial charge on any atom is 0.0553 e. The second-order valence-electron chi connectivity index (χ2n) is 6.21. The summed E-state index contributed by atoms with van der Waals surface area (Å²) in [6.45, 7) is 5.72. The van der Waals surface area contributed by atoms with Gasteiger partial charge in [0.15, 0.2) is 0 Å². The van der Waals surface area contributed by atoms with Crippen molar-refractivity contribution in [1.82, 2.24) is 0 Å². The first-order valence-corrected chi connectivity index (χ1v) is 10.2. The SMILES string of the molecule is CCCCC(CC)CN1c2ccccc2Sc2cc(Br)ccc21. The number of fused-ring (bicyclic) bond motifs is 2. The van der Waals surface area contributed by atoms with Crippen LogP contribution in [-0.4, -0.2) is 6.54 Å². The summed E-state index contributed by atoms with van der Waals surface area (Å²) in [5, 5.41) is 0. The summed E-state index contributed by atoms with van der Waals surface area (Å²) in [6, 6.07) is 15.5. The van der Waals surface area contributed by atoms with E-state index in [9.17, 15) is 0 Å². The normalized spacial score (nSPS) is 14.3. The molecule has 3 heteroatoms. The van der Waals surface area contributed by atoms with Gasteiger partial charge in [-0.15, -0.1) is 0 Å². The highest BCUT2D eigenvalue weighted by molar-refractivity contribution is 9.10. The summed E-state index contributed by atoms with van der Waals surface area (Å²) in [4.78, 5) is 5.25. The number of benzene rings is 2. The summed E-state index contributed by atoms with van der Waals surface area (Å²) >= 11 is 5.50. The first-order valence-electron chi connectivity index (χ1n) is 8.57. The molecule has 2 aromatic rings. The molecule has 0 fully saturated rings. The predicted octanol–water partition coefficient (Wildman–Crippen LogP) is 7.27. The lowest BCUT2D eigenvalue weighted by molar-refractivity contribution is 0.457. The third-order valence-electron chi connectivity index (χ3n) is 4.57. The first-order chi connectivity index (χ1) is 11.2. The summed E-state index contributed by atoms with van der Waals surface area (Å²) < 4.78 is 1.15. The van der Waals surface area contributed by atoms with Gasteiger partial charge in [-0.2, -0.15) is 0 Å². The fourth-order valence-electron chi connectivity index (χ4n) is 3.18. The smallest absolute Gasteiger partial charge is 0.0553 e. The van der Waals surface area contributed by atoms with Gasteiger partial charge in [-0.1, -0.05) is 72.9 Å². The zero-order valence-corrected chi connectivity index (χ0v) is 16.3. The van der Waals surface area contributed by atoms with Crippen molar-refractivity contribution in [2.75, 3.05) is 11.4 Å². The molecule has 0 N–H and O–H groups in total. The molecule has 1 atom stereocenters. The molecule has 23 heavy (non-hydrogen) atoms. The molecule has 0 aromatic heterocycles. The Morgan fingerprint density at radius 3 is 2.61 bits per heavy atom. The number of rotatable bonds is 6. The monoisotopic (exact) mass is 389 g/mol. The minimum Gasteiger partial charge on any atom is -0.339 e. The molecule has 1 nitrogen and oxygen atoms in total. The van der Waals surface area contributed by atoms with Crippen LogP contribution < -0.4 is 4.90 Å². The second-order valence-corrected chi connectivity index (χ2v) is 8.21. The van der Waals surface area contributed by atoms with Gasteiger partial charge in [-0.25, -0.2) is 0 Å². The highest BCUT2D eigenvalue weighted by atomic mass is 79.9. The van der Waals surface area contributed by atoms with E-state index >= 15 is 0 Å². The Bertz CT molecular complexity index is 670. The number of nitrogens with zero attached hydrogens (tertiary/aromatic N) is 1. The lowest BCUT2D eigenvalue weighted by Gasteiger charge is -2.35. The van der Waals surface area contributed by atoms with Crippen molar-refractivity contribution in [2.24, 2.45) is 5.92 Å². The van der Waals surface area contributed by atoms with Crippen molar-refractivity contribution in [2.45, 2.75) is 49.3 Å². The van der Waals surface area contributed by atoms with Gasteiger partial charge < -0.3 is 4.90 Å². The van der Waals surface area contributed by atoms with Crippen LogP contribution in [0.1, 0.15) is 39.5 Å². The molecule has 1 heterocycles. The minimum atomic E-state index is 0.752. The molecule has 1 unspecified atom stereocenters. The number of unbranched alkanes of at least 4 members (excludes halogenated alkanes) is 1. The zero-order valence-electron chi connectivity index (χ0n) is 13.9. The van der Waals surface area contributed by atoms with Gasteiger partial charge in [0.25, 0.3) is 0 Å². The predicted molar refractivity (Wildman–Crippen MR) is 105 cm³/mol. The van der Waals surface area contributed by atoms with E-state index < -0.39 is 0 Å². The van der Waals surface area contributed by atoms with Gasteiger partial charge in [-0.3, -0.25) is 0 Å². The molecule has 3 rings (SSSR count). The van der Waals surface area contributed by atoms with Gasteiger partial charge in [0.05, 0.1) is 11.4 Å². The topological polar surface area (TPSA) is 3.24 Å². The van der Waals surface area contributed by atoms with E-state index in [1.165, 1.54) is 46.8 Å². The number of halogens is 1. The van der Waals surface area contributed by atoms with E-state index in [4.69, 9.17) is 0 Å². The van der Waals surface area contributed by atoms with Crippen LogP contribution >= 0.6 is 27.7 Å². The average molecular weight is 390 g/mol. The van der Waals surface area contributed by atoms with Gasteiger partial charge in [-0.05, 0) is 42.7 Å². The van der Waals surface area contributed by atoms with Crippen molar-refractivity contribution >= 4 is 39.1 Å². The standard InChI is InChI=1S/C20H24BrNS/c1-3-5-8-15(4-2)14-22-17-9-6-7-10-19(17)23-20-13-16(21)11-12-18(20)22/h6-7,9-13,15H,3-5,8,14H2,1-2H3. The first kappa shape index (κ1) is 16.9. The largest absolute Gasteiger partial charge is 0.339 e. The molecule has 0 spiro atoms.